The molecule has 0 aliphatic rings. The van der Waals surface area contributed by atoms with Gasteiger partial charge in [-0.2, -0.15) is 0 Å². The van der Waals surface area contributed by atoms with Crippen molar-refractivity contribution in [2.24, 2.45) is 11.7 Å². The van der Waals surface area contributed by atoms with Gasteiger partial charge in [0.15, 0.2) is 0 Å². The first-order chi connectivity index (χ1) is 6.11. The Labute approximate surface area is 82.0 Å². The topological polar surface area (TPSA) is 56.0 Å². The van der Waals surface area contributed by atoms with Crippen molar-refractivity contribution in [1.82, 2.24) is 4.98 Å². The van der Waals surface area contributed by atoms with Crippen molar-refractivity contribution >= 4 is 17.2 Å². The van der Waals surface area contributed by atoms with Crippen molar-refractivity contribution in [3.05, 3.63) is 16.6 Å². The second-order valence-electron chi connectivity index (χ2n) is 3.45. The quantitative estimate of drug-likeness (QED) is 0.801. The van der Waals surface area contributed by atoms with E-state index in [4.69, 9.17) is 5.73 Å². The molecule has 0 aliphatic heterocycles. The van der Waals surface area contributed by atoms with E-state index in [9.17, 15) is 4.79 Å². The number of nitrogens with zero attached hydrogens (tertiary/aromatic N) is 1. The molecule has 3 nitrogen and oxygen atoms in total. The van der Waals surface area contributed by atoms with E-state index >= 15 is 0 Å². The fraction of sp³-hybridized carbons (Fsp3) is 0.556. The fourth-order valence-corrected chi connectivity index (χ4v) is 1.98. The molecule has 1 atom stereocenters. The molecular weight excluding hydrogens is 184 g/mol. The van der Waals surface area contributed by atoms with Crippen molar-refractivity contribution in [3.63, 3.8) is 0 Å². The van der Waals surface area contributed by atoms with Crippen LogP contribution in [0.1, 0.15) is 31.2 Å². The van der Waals surface area contributed by atoms with Gasteiger partial charge in [-0.1, -0.05) is 13.8 Å². The first-order valence-corrected chi connectivity index (χ1v) is 5.18. The third-order valence-electron chi connectivity index (χ3n) is 1.80. The van der Waals surface area contributed by atoms with Gasteiger partial charge in [0.2, 0.25) is 5.91 Å². The number of nitrogens with two attached hydrogens (primary N) is 1. The predicted octanol–water partition coefficient (Wildman–Crippen LogP) is 1.76. The van der Waals surface area contributed by atoms with Crippen molar-refractivity contribution in [2.75, 3.05) is 0 Å². The summed E-state index contributed by atoms with van der Waals surface area (Å²) < 4.78 is 0. The summed E-state index contributed by atoms with van der Waals surface area (Å²) in [7, 11) is 0. The number of hydrogen-bond acceptors (Lipinski definition) is 3. The standard InChI is InChI=1S/C9H14N2OS/c1-6(2)5-7(8(10)12)9-11-3-4-13-9/h3-4,6-7H,5H2,1-2H3,(H2,10,12). The van der Waals surface area contributed by atoms with Gasteiger partial charge in [0.05, 0.1) is 5.92 Å². The number of carbonyl (C=O) groups is 1. The Morgan fingerprint density at radius 3 is 2.77 bits per heavy atom. The van der Waals surface area contributed by atoms with Crippen LogP contribution in [-0.2, 0) is 4.79 Å². The summed E-state index contributed by atoms with van der Waals surface area (Å²) in [5, 5.41) is 2.70. The van der Waals surface area contributed by atoms with Crippen LogP contribution in [0.25, 0.3) is 0 Å². The Bertz CT molecular complexity index is 269. The maximum absolute atomic E-state index is 11.1. The van der Waals surface area contributed by atoms with Crippen molar-refractivity contribution in [3.8, 4) is 0 Å². The van der Waals surface area contributed by atoms with Crippen LogP contribution < -0.4 is 5.73 Å². The average molecular weight is 198 g/mol. The van der Waals surface area contributed by atoms with E-state index in [2.05, 4.69) is 18.8 Å². The highest BCUT2D eigenvalue weighted by molar-refractivity contribution is 7.09. The monoisotopic (exact) mass is 198 g/mol. The second kappa shape index (κ2) is 4.37. The molecule has 72 valence electrons. The van der Waals surface area contributed by atoms with Gasteiger partial charge in [0.25, 0.3) is 0 Å². The summed E-state index contributed by atoms with van der Waals surface area (Å²) in [6, 6.07) is 0. The van der Waals surface area contributed by atoms with Crippen LogP contribution in [0.5, 0.6) is 0 Å². The molecule has 0 bridgehead atoms. The summed E-state index contributed by atoms with van der Waals surface area (Å²) in [6.45, 7) is 4.15. The molecule has 4 heteroatoms. The summed E-state index contributed by atoms with van der Waals surface area (Å²) in [5.41, 5.74) is 5.30. The summed E-state index contributed by atoms with van der Waals surface area (Å²) in [5.74, 6) is -0.0231. The van der Waals surface area contributed by atoms with E-state index in [1.165, 1.54) is 11.3 Å². The molecule has 1 amide bonds. The van der Waals surface area contributed by atoms with E-state index in [0.717, 1.165) is 11.4 Å². The van der Waals surface area contributed by atoms with Gasteiger partial charge < -0.3 is 5.73 Å². The first kappa shape index (κ1) is 10.2. The summed E-state index contributed by atoms with van der Waals surface area (Å²) >= 11 is 1.49. The molecule has 2 N–H and O–H groups in total. The van der Waals surface area contributed by atoms with Gasteiger partial charge in [-0.15, -0.1) is 11.3 Å². The minimum Gasteiger partial charge on any atom is -0.369 e. The highest BCUT2D eigenvalue weighted by atomic mass is 32.1. The molecule has 0 radical (unpaired) electrons. The van der Waals surface area contributed by atoms with Crippen LogP contribution in [0, 0.1) is 5.92 Å². The molecule has 0 saturated heterocycles. The van der Waals surface area contributed by atoms with Crippen LogP contribution in [0.3, 0.4) is 0 Å². The lowest BCUT2D eigenvalue weighted by Gasteiger charge is -2.12. The fourth-order valence-electron chi connectivity index (χ4n) is 1.22. The second-order valence-corrected chi connectivity index (χ2v) is 4.38. The van der Waals surface area contributed by atoms with Gasteiger partial charge in [0, 0.05) is 11.6 Å². The van der Waals surface area contributed by atoms with Crippen LogP contribution >= 0.6 is 11.3 Å². The summed E-state index contributed by atoms with van der Waals surface area (Å²) in [6.07, 6.45) is 2.49. The van der Waals surface area contributed by atoms with E-state index < -0.39 is 0 Å². The molecule has 0 spiro atoms. The van der Waals surface area contributed by atoms with Gasteiger partial charge in [-0.05, 0) is 12.3 Å². The van der Waals surface area contributed by atoms with Crippen molar-refractivity contribution < 1.29 is 4.79 Å². The molecule has 0 saturated carbocycles. The largest absolute Gasteiger partial charge is 0.369 e. The molecule has 0 aliphatic carbocycles. The third kappa shape index (κ3) is 2.81. The minimum absolute atomic E-state index is 0.208. The Kier molecular flexibility index (Phi) is 3.42. The number of hydrogen-bond donors (Lipinski definition) is 1. The normalized spacial score (nSPS) is 13.2. The molecule has 1 aromatic heterocycles. The molecule has 1 aromatic rings. The molecule has 1 heterocycles. The van der Waals surface area contributed by atoms with Gasteiger partial charge >= 0.3 is 0 Å². The van der Waals surface area contributed by atoms with Crippen molar-refractivity contribution in [1.29, 1.82) is 0 Å². The highest BCUT2D eigenvalue weighted by Crippen LogP contribution is 2.24. The minimum atomic E-state index is -0.274. The Morgan fingerprint density at radius 1 is 1.69 bits per heavy atom. The molecular formula is C9H14N2OS. The Morgan fingerprint density at radius 2 is 2.38 bits per heavy atom. The highest BCUT2D eigenvalue weighted by Gasteiger charge is 2.21. The van der Waals surface area contributed by atoms with Gasteiger partial charge in [0.1, 0.15) is 5.01 Å². The van der Waals surface area contributed by atoms with Crippen molar-refractivity contribution in [2.45, 2.75) is 26.2 Å². The average Bonchev–Trinajstić information content (AvgIpc) is 2.50. The maximum Gasteiger partial charge on any atom is 0.227 e. The van der Waals surface area contributed by atoms with E-state index in [-0.39, 0.29) is 11.8 Å². The number of primary amides is 1. The van der Waals surface area contributed by atoms with E-state index in [1.54, 1.807) is 6.20 Å². The van der Waals surface area contributed by atoms with Crippen LogP contribution in [0.2, 0.25) is 0 Å². The van der Waals surface area contributed by atoms with E-state index in [1.807, 2.05) is 5.38 Å². The molecule has 1 rings (SSSR count). The van der Waals surface area contributed by atoms with Gasteiger partial charge in [-0.25, -0.2) is 4.98 Å². The lowest BCUT2D eigenvalue weighted by molar-refractivity contribution is -0.119. The van der Waals surface area contributed by atoms with Crippen LogP contribution in [0.4, 0.5) is 0 Å². The number of carbonyl (C=O) groups excluding carboxylic acids is 1. The van der Waals surface area contributed by atoms with E-state index in [0.29, 0.717) is 5.92 Å². The smallest absolute Gasteiger partial charge is 0.227 e. The predicted molar refractivity (Wildman–Crippen MR) is 53.5 cm³/mol. The molecule has 0 aromatic carbocycles. The number of amides is 1. The Balaban J connectivity index is 2.75. The molecule has 0 fully saturated rings. The first-order valence-electron chi connectivity index (χ1n) is 4.30. The van der Waals surface area contributed by atoms with Crippen LogP contribution in [-0.4, -0.2) is 10.9 Å². The zero-order valence-electron chi connectivity index (χ0n) is 7.86. The molecule has 13 heavy (non-hydrogen) atoms. The lowest BCUT2D eigenvalue weighted by Crippen LogP contribution is -2.22. The zero-order valence-corrected chi connectivity index (χ0v) is 8.67. The number of thiazole rings is 1. The van der Waals surface area contributed by atoms with Gasteiger partial charge in [-0.3, -0.25) is 4.79 Å². The van der Waals surface area contributed by atoms with Crippen LogP contribution in [0.15, 0.2) is 11.6 Å². The number of aromatic nitrogens is 1. The third-order valence-corrected chi connectivity index (χ3v) is 2.69. The number of rotatable bonds is 4. The Hall–Kier alpha value is -0.900. The SMILES string of the molecule is CC(C)CC(C(N)=O)c1nccs1. The zero-order chi connectivity index (χ0) is 9.84. The maximum atomic E-state index is 11.1. The summed E-state index contributed by atoms with van der Waals surface area (Å²) in [4.78, 5) is 15.2. The molecule has 1 unspecified atom stereocenters. The lowest BCUT2D eigenvalue weighted by atomic mass is 9.97.